The summed E-state index contributed by atoms with van der Waals surface area (Å²) in [4.78, 5) is 0. The van der Waals surface area contributed by atoms with Gasteiger partial charge in [0.1, 0.15) is 0 Å². The van der Waals surface area contributed by atoms with Crippen molar-refractivity contribution < 1.29 is 9.47 Å². The van der Waals surface area contributed by atoms with Crippen molar-refractivity contribution >= 4 is 59.0 Å². The third kappa shape index (κ3) is 2.33. The Morgan fingerprint density at radius 2 is 1.29 bits per heavy atom. The summed E-state index contributed by atoms with van der Waals surface area (Å²) in [6.45, 7) is 2.18. The van der Waals surface area contributed by atoms with E-state index in [0.717, 1.165) is 26.7 Å². The first-order chi connectivity index (χ1) is 13.6. The fourth-order valence-electron chi connectivity index (χ4n) is 4.41. The van der Waals surface area contributed by atoms with Crippen molar-refractivity contribution in [2.45, 2.75) is 6.92 Å². The van der Waals surface area contributed by atoms with Crippen LogP contribution < -0.4 is 9.47 Å². The van der Waals surface area contributed by atoms with Crippen LogP contribution in [0.1, 0.15) is 5.56 Å². The van der Waals surface area contributed by atoms with Gasteiger partial charge in [-0.05, 0) is 57.6 Å². The number of ether oxygens (including phenoxy) is 2. The molecule has 0 radical (unpaired) electrons. The highest BCUT2D eigenvalue weighted by Crippen LogP contribution is 2.47. The van der Waals surface area contributed by atoms with Crippen molar-refractivity contribution in [2.24, 2.45) is 0 Å². The quantitative estimate of drug-likeness (QED) is 0.271. The Labute approximate surface area is 171 Å². The molecule has 0 aliphatic carbocycles. The lowest BCUT2D eigenvalue weighted by Crippen LogP contribution is -1.95. The Morgan fingerprint density at radius 3 is 2.04 bits per heavy atom. The Bertz CT molecular complexity index is 1400. The van der Waals surface area contributed by atoms with Crippen molar-refractivity contribution in [1.29, 1.82) is 0 Å². The van der Waals surface area contributed by atoms with E-state index in [4.69, 9.17) is 9.47 Å². The second-order valence-electron chi connectivity index (χ2n) is 7.08. The van der Waals surface area contributed by atoms with Gasteiger partial charge in [-0.3, -0.25) is 0 Å². The first kappa shape index (κ1) is 17.3. The zero-order valence-corrected chi connectivity index (χ0v) is 17.6. The molecule has 0 N–H and O–H groups in total. The predicted octanol–water partition coefficient (Wildman–Crippen LogP) is 7.39. The highest BCUT2D eigenvalue weighted by molar-refractivity contribution is 9.10. The summed E-state index contributed by atoms with van der Waals surface area (Å²) >= 11 is 3.66. The van der Waals surface area contributed by atoms with Crippen LogP contribution in [0.25, 0.3) is 43.1 Å². The Kier molecular flexibility index (Phi) is 3.95. The number of hydrogen-bond donors (Lipinski definition) is 0. The average Bonchev–Trinajstić information content (AvgIpc) is 2.72. The molecule has 0 bridgehead atoms. The summed E-state index contributed by atoms with van der Waals surface area (Å²) in [5.41, 5.74) is 1.27. The zero-order chi connectivity index (χ0) is 19.4. The van der Waals surface area contributed by atoms with E-state index >= 15 is 0 Å². The maximum absolute atomic E-state index is 5.84. The van der Waals surface area contributed by atoms with Crippen molar-refractivity contribution in [3.05, 3.63) is 70.7 Å². The largest absolute Gasteiger partial charge is 0.492 e. The average molecular weight is 431 g/mol. The Hall–Kier alpha value is -2.78. The molecule has 0 aliphatic heterocycles. The van der Waals surface area contributed by atoms with E-state index in [0.29, 0.717) is 0 Å². The number of fused-ring (bicyclic) bond motifs is 7. The van der Waals surface area contributed by atoms with Gasteiger partial charge in [-0.25, -0.2) is 0 Å². The van der Waals surface area contributed by atoms with Crippen LogP contribution in [0, 0.1) is 6.92 Å². The fourth-order valence-corrected chi connectivity index (χ4v) is 4.77. The maximum Gasteiger partial charge on any atom is 0.169 e. The number of rotatable bonds is 2. The topological polar surface area (TPSA) is 18.5 Å². The molecule has 2 nitrogen and oxygen atoms in total. The molecule has 0 fully saturated rings. The van der Waals surface area contributed by atoms with Gasteiger partial charge < -0.3 is 9.47 Å². The van der Waals surface area contributed by atoms with E-state index < -0.39 is 0 Å². The van der Waals surface area contributed by atoms with Crippen LogP contribution in [-0.4, -0.2) is 14.2 Å². The smallest absolute Gasteiger partial charge is 0.169 e. The van der Waals surface area contributed by atoms with Crippen molar-refractivity contribution in [2.75, 3.05) is 14.2 Å². The summed E-state index contributed by atoms with van der Waals surface area (Å²) in [5.74, 6) is 1.56. The summed E-state index contributed by atoms with van der Waals surface area (Å²) < 4.78 is 12.7. The Balaban J connectivity index is 2.19. The van der Waals surface area contributed by atoms with E-state index in [2.05, 4.69) is 77.5 Å². The summed E-state index contributed by atoms with van der Waals surface area (Å²) in [6.07, 6.45) is 0. The molecule has 0 spiro atoms. The minimum atomic E-state index is 0.780. The number of halogens is 1. The summed E-state index contributed by atoms with van der Waals surface area (Å²) in [6, 6.07) is 21.5. The second kappa shape index (κ2) is 6.39. The van der Waals surface area contributed by atoms with Crippen LogP contribution in [0.5, 0.6) is 11.5 Å². The molecule has 138 valence electrons. The molecule has 5 aromatic carbocycles. The summed E-state index contributed by atoms with van der Waals surface area (Å²) in [5, 5.41) is 9.49. The normalized spacial score (nSPS) is 11.6. The standard InChI is InChI=1S/C25H19BrO2/c1-14-12-15-8-9-16(26)13-21(15)22-17(14)10-11-20-23(22)18-6-4-5-7-19(18)24(27-2)25(20)28-3/h4-13H,1-3H3. The number of aryl methyl sites for hydroxylation is 1. The van der Waals surface area contributed by atoms with Gasteiger partial charge in [-0.2, -0.15) is 0 Å². The van der Waals surface area contributed by atoms with E-state index in [-0.39, 0.29) is 0 Å². The molecule has 0 saturated carbocycles. The zero-order valence-electron chi connectivity index (χ0n) is 16.0. The van der Waals surface area contributed by atoms with Crippen molar-refractivity contribution in [3.8, 4) is 11.5 Å². The van der Waals surface area contributed by atoms with Gasteiger partial charge in [-0.1, -0.05) is 58.4 Å². The fraction of sp³-hybridized carbons (Fsp3) is 0.120. The SMILES string of the molecule is COc1c(OC)c2ccc3c(C)cc4ccc(Br)cc4c3c2c2ccccc12. The monoisotopic (exact) mass is 430 g/mol. The molecule has 0 unspecified atom stereocenters. The molecule has 0 atom stereocenters. The number of hydrogen-bond acceptors (Lipinski definition) is 2. The van der Waals surface area contributed by atoms with Crippen LogP contribution >= 0.6 is 15.9 Å². The molecule has 0 aromatic heterocycles. The lowest BCUT2D eigenvalue weighted by molar-refractivity contribution is 0.362. The molecule has 0 amide bonds. The third-order valence-corrected chi connectivity index (χ3v) is 6.08. The molecule has 0 heterocycles. The van der Waals surface area contributed by atoms with E-state index in [1.54, 1.807) is 14.2 Å². The second-order valence-corrected chi connectivity index (χ2v) is 8.00. The van der Waals surface area contributed by atoms with E-state index in [1.165, 1.54) is 37.9 Å². The van der Waals surface area contributed by atoms with E-state index in [1.807, 2.05) is 6.07 Å². The highest BCUT2D eigenvalue weighted by atomic mass is 79.9. The van der Waals surface area contributed by atoms with Gasteiger partial charge in [0.15, 0.2) is 11.5 Å². The van der Waals surface area contributed by atoms with Gasteiger partial charge in [0.25, 0.3) is 0 Å². The molecule has 0 saturated heterocycles. The maximum atomic E-state index is 5.84. The third-order valence-electron chi connectivity index (χ3n) is 5.59. The Morgan fingerprint density at radius 1 is 0.643 bits per heavy atom. The minimum absolute atomic E-state index is 0.780. The lowest BCUT2D eigenvalue weighted by atomic mass is 9.90. The van der Waals surface area contributed by atoms with Crippen LogP contribution in [0.15, 0.2) is 65.1 Å². The predicted molar refractivity (Wildman–Crippen MR) is 122 cm³/mol. The van der Waals surface area contributed by atoms with Gasteiger partial charge in [-0.15, -0.1) is 0 Å². The molecular weight excluding hydrogens is 412 g/mol. The van der Waals surface area contributed by atoms with Crippen LogP contribution in [0.2, 0.25) is 0 Å². The molecule has 5 aromatic rings. The lowest BCUT2D eigenvalue weighted by Gasteiger charge is -2.18. The van der Waals surface area contributed by atoms with Crippen molar-refractivity contribution in [3.63, 3.8) is 0 Å². The van der Waals surface area contributed by atoms with Gasteiger partial charge in [0.2, 0.25) is 0 Å². The molecule has 28 heavy (non-hydrogen) atoms. The van der Waals surface area contributed by atoms with Crippen LogP contribution in [-0.2, 0) is 0 Å². The van der Waals surface area contributed by atoms with Gasteiger partial charge >= 0.3 is 0 Å². The van der Waals surface area contributed by atoms with Gasteiger partial charge in [0, 0.05) is 20.6 Å². The number of methoxy groups -OCH3 is 2. The highest BCUT2D eigenvalue weighted by Gasteiger charge is 2.19. The van der Waals surface area contributed by atoms with Crippen LogP contribution in [0.4, 0.5) is 0 Å². The number of benzene rings is 5. The van der Waals surface area contributed by atoms with Crippen LogP contribution in [0.3, 0.4) is 0 Å². The first-order valence-electron chi connectivity index (χ1n) is 9.22. The van der Waals surface area contributed by atoms with Crippen molar-refractivity contribution in [1.82, 2.24) is 0 Å². The van der Waals surface area contributed by atoms with E-state index in [9.17, 15) is 0 Å². The molecule has 5 rings (SSSR count). The first-order valence-corrected chi connectivity index (χ1v) is 10.0. The molecule has 3 heteroatoms. The summed E-state index contributed by atoms with van der Waals surface area (Å²) in [7, 11) is 3.41. The molecule has 0 aliphatic rings. The minimum Gasteiger partial charge on any atom is -0.492 e. The van der Waals surface area contributed by atoms with Gasteiger partial charge in [0.05, 0.1) is 14.2 Å². The molecular formula is C25H19BrO2.